The Balaban J connectivity index is 1.27. The van der Waals surface area contributed by atoms with E-state index in [1.54, 1.807) is 32.2 Å². The van der Waals surface area contributed by atoms with Crippen LogP contribution in [0.25, 0.3) is 6.08 Å². The van der Waals surface area contributed by atoms with Gasteiger partial charge in [0.2, 0.25) is 0 Å². The minimum atomic E-state index is -0.221. The molecule has 1 aliphatic rings. The number of nitrogens with zero attached hydrogens (tertiary/aromatic N) is 2. The number of rotatable bonds is 9. The first-order chi connectivity index (χ1) is 19.4. The molecule has 40 heavy (non-hydrogen) atoms. The van der Waals surface area contributed by atoms with Crippen LogP contribution in [0.1, 0.15) is 23.6 Å². The Morgan fingerprint density at radius 2 is 1.45 bits per heavy atom. The Morgan fingerprint density at radius 3 is 2.12 bits per heavy atom. The fourth-order valence-corrected chi connectivity index (χ4v) is 4.82. The van der Waals surface area contributed by atoms with Crippen molar-refractivity contribution in [3.8, 4) is 17.2 Å². The van der Waals surface area contributed by atoms with E-state index < -0.39 is 0 Å². The number of hydrogen-bond donors (Lipinski definition) is 0. The number of methoxy groups -OCH3 is 1. The predicted octanol–water partition coefficient (Wildman–Crippen LogP) is 7.97. The Bertz CT molecular complexity index is 1560. The molecule has 5 rings (SSSR count). The molecule has 1 heterocycles. The third-order valence-electron chi connectivity index (χ3n) is 6.24. The molecule has 0 unspecified atom stereocenters. The molecule has 0 N–H and O–H groups in total. The van der Waals surface area contributed by atoms with Gasteiger partial charge in [-0.25, -0.2) is 0 Å². The van der Waals surface area contributed by atoms with E-state index in [2.05, 4.69) is 5.10 Å². The minimum Gasteiger partial charge on any atom is -0.493 e. The molecule has 4 aromatic rings. The van der Waals surface area contributed by atoms with Crippen LogP contribution in [0, 0.1) is 0 Å². The highest BCUT2D eigenvalue weighted by Crippen LogP contribution is 2.37. The van der Waals surface area contributed by atoms with Crippen LogP contribution in [-0.2, 0) is 18.0 Å². The van der Waals surface area contributed by atoms with Crippen LogP contribution in [0.5, 0.6) is 17.2 Å². The molecule has 0 saturated heterocycles. The second-order valence-corrected chi connectivity index (χ2v) is 9.87. The summed E-state index contributed by atoms with van der Waals surface area (Å²) in [5.74, 6) is 1.36. The summed E-state index contributed by atoms with van der Waals surface area (Å²) in [6.07, 6.45) is 1.73. The average Bonchev–Trinajstić information content (AvgIpc) is 3.25. The maximum Gasteiger partial charge on any atom is 0.280 e. The smallest absolute Gasteiger partial charge is 0.280 e. The van der Waals surface area contributed by atoms with Crippen LogP contribution >= 0.6 is 23.2 Å². The molecule has 0 aromatic heterocycles. The van der Waals surface area contributed by atoms with E-state index in [9.17, 15) is 4.79 Å². The summed E-state index contributed by atoms with van der Waals surface area (Å²) in [5, 5.41) is 6.45. The second-order valence-electron chi connectivity index (χ2n) is 9.06. The van der Waals surface area contributed by atoms with Crippen molar-refractivity contribution in [2.45, 2.75) is 20.1 Å². The van der Waals surface area contributed by atoms with Gasteiger partial charge in [0, 0.05) is 0 Å². The molecular weight excluding hydrogens is 547 g/mol. The normalized spacial score (nSPS) is 13.9. The van der Waals surface area contributed by atoms with Crippen LogP contribution in [-0.4, -0.2) is 18.7 Å². The van der Waals surface area contributed by atoms with E-state index >= 15 is 0 Å². The molecular formula is C32H26Cl2N2O4. The van der Waals surface area contributed by atoms with Crippen LogP contribution in [0.15, 0.2) is 102 Å². The van der Waals surface area contributed by atoms with Crippen molar-refractivity contribution in [3.63, 3.8) is 0 Å². The van der Waals surface area contributed by atoms with Gasteiger partial charge in [0.25, 0.3) is 5.91 Å². The van der Waals surface area contributed by atoms with Crippen molar-refractivity contribution in [2.75, 3.05) is 12.1 Å². The summed E-state index contributed by atoms with van der Waals surface area (Å²) in [7, 11) is 1.59. The number of hydrazone groups is 1. The molecule has 1 aliphatic heterocycles. The highest BCUT2D eigenvalue weighted by atomic mass is 35.5. The van der Waals surface area contributed by atoms with Crippen molar-refractivity contribution in [3.05, 3.63) is 123 Å². The largest absolute Gasteiger partial charge is 0.493 e. The molecule has 0 bridgehead atoms. The summed E-state index contributed by atoms with van der Waals surface area (Å²) in [6.45, 7) is 2.44. The lowest BCUT2D eigenvalue weighted by Crippen LogP contribution is -2.21. The third-order valence-corrected chi connectivity index (χ3v) is 6.80. The number of ether oxygens (including phenoxy) is 3. The highest BCUT2D eigenvalue weighted by molar-refractivity contribution is 6.37. The van der Waals surface area contributed by atoms with Crippen molar-refractivity contribution < 1.29 is 19.0 Å². The van der Waals surface area contributed by atoms with Gasteiger partial charge < -0.3 is 14.2 Å². The second kappa shape index (κ2) is 12.3. The van der Waals surface area contributed by atoms with Gasteiger partial charge in [-0.15, -0.1) is 0 Å². The topological polar surface area (TPSA) is 60.4 Å². The maximum atomic E-state index is 13.0. The van der Waals surface area contributed by atoms with Crippen LogP contribution in [0.2, 0.25) is 10.0 Å². The lowest BCUT2D eigenvalue weighted by atomic mass is 10.1. The summed E-state index contributed by atoms with van der Waals surface area (Å²) in [4.78, 5) is 13.0. The molecule has 1 amide bonds. The number of benzene rings is 4. The number of amides is 1. The number of anilines is 1. The van der Waals surface area contributed by atoms with E-state index in [0.29, 0.717) is 56.4 Å². The number of carbonyl (C=O) groups excluding carboxylic acids is 1. The van der Waals surface area contributed by atoms with Crippen molar-refractivity contribution in [2.24, 2.45) is 5.10 Å². The van der Waals surface area contributed by atoms with Gasteiger partial charge in [-0.2, -0.15) is 10.1 Å². The van der Waals surface area contributed by atoms with Crippen LogP contribution < -0.4 is 19.2 Å². The summed E-state index contributed by atoms with van der Waals surface area (Å²) in [6, 6.07) is 28.2. The minimum absolute atomic E-state index is 0.214. The van der Waals surface area contributed by atoms with E-state index in [1.807, 2.05) is 78.9 Å². The maximum absolute atomic E-state index is 13.0. The van der Waals surface area contributed by atoms with Crippen LogP contribution in [0.4, 0.5) is 5.69 Å². The Labute approximate surface area is 243 Å². The van der Waals surface area contributed by atoms with E-state index in [1.165, 1.54) is 5.01 Å². The molecule has 4 aromatic carbocycles. The quantitative estimate of drug-likeness (QED) is 0.191. The molecule has 202 valence electrons. The first-order valence-corrected chi connectivity index (χ1v) is 13.3. The van der Waals surface area contributed by atoms with Gasteiger partial charge in [-0.1, -0.05) is 77.8 Å². The van der Waals surface area contributed by atoms with Gasteiger partial charge in [0.15, 0.2) is 17.2 Å². The van der Waals surface area contributed by atoms with Gasteiger partial charge in [-0.05, 0) is 66.1 Å². The zero-order chi connectivity index (χ0) is 28.1. The van der Waals surface area contributed by atoms with Crippen molar-refractivity contribution >= 4 is 46.6 Å². The standard InChI is InChI=1S/C32H26Cl2N2O4/c1-21-26(32(37)36(35-21)25-11-7-4-8-12-25)15-24-16-27(33)31(28(34)17-24)40-20-23-13-14-29(30(18-23)38-2)39-19-22-9-5-3-6-10-22/h3-18H,19-20H2,1-2H3/b26-15-. The SMILES string of the molecule is COc1cc(COc2c(Cl)cc(/C=C3\C(=O)N(c4ccccc4)N=C3C)cc2Cl)ccc1OCc1ccccc1. The van der Waals surface area contributed by atoms with Gasteiger partial charge in [0.1, 0.15) is 13.2 Å². The summed E-state index contributed by atoms with van der Waals surface area (Å²) in [5.41, 5.74) is 4.34. The zero-order valence-corrected chi connectivity index (χ0v) is 23.4. The Hall–Kier alpha value is -4.26. The first-order valence-electron chi connectivity index (χ1n) is 12.5. The third kappa shape index (κ3) is 6.14. The Kier molecular flexibility index (Phi) is 8.39. The summed E-state index contributed by atoms with van der Waals surface area (Å²) >= 11 is 13.1. The molecule has 0 atom stereocenters. The molecule has 0 fully saturated rings. The predicted molar refractivity (Wildman–Crippen MR) is 160 cm³/mol. The van der Waals surface area contributed by atoms with Gasteiger partial charge in [0.05, 0.1) is 34.1 Å². The van der Waals surface area contributed by atoms with Crippen LogP contribution in [0.3, 0.4) is 0 Å². The van der Waals surface area contributed by atoms with Gasteiger partial charge >= 0.3 is 0 Å². The zero-order valence-electron chi connectivity index (χ0n) is 21.9. The molecule has 0 spiro atoms. The van der Waals surface area contributed by atoms with Crippen molar-refractivity contribution in [1.82, 2.24) is 0 Å². The fourth-order valence-electron chi connectivity index (χ4n) is 4.21. The van der Waals surface area contributed by atoms with Crippen molar-refractivity contribution in [1.29, 1.82) is 0 Å². The number of carbonyl (C=O) groups is 1. The molecule has 8 heteroatoms. The lowest BCUT2D eigenvalue weighted by molar-refractivity contribution is -0.114. The fraction of sp³-hybridized carbons (Fsp3) is 0.125. The lowest BCUT2D eigenvalue weighted by Gasteiger charge is -2.14. The van der Waals surface area contributed by atoms with Gasteiger partial charge in [-0.3, -0.25) is 4.79 Å². The summed E-state index contributed by atoms with van der Waals surface area (Å²) < 4.78 is 17.4. The number of halogens is 2. The van der Waals surface area contributed by atoms with E-state index in [-0.39, 0.29) is 12.5 Å². The number of hydrogen-bond acceptors (Lipinski definition) is 5. The molecule has 0 radical (unpaired) electrons. The first kappa shape index (κ1) is 27.3. The monoisotopic (exact) mass is 572 g/mol. The Morgan fingerprint density at radius 1 is 0.800 bits per heavy atom. The van der Waals surface area contributed by atoms with E-state index in [4.69, 9.17) is 37.4 Å². The van der Waals surface area contributed by atoms with E-state index in [0.717, 1.165) is 11.1 Å². The number of para-hydroxylation sites is 1. The molecule has 6 nitrogen and oxygen atoms in total. The average molecular weight is 573 g/mol. The molecule has 0 saturated carbocycles. The highest BCUT2D eigenvalue weighted by Gasteiger charge is 2.28. The molecule has 0 aliphatic carbocycles.